The van der Waals surface area contributed by atoms with Crippen LogP contribution in [0.5, 0.6) is 0 Å². The molecule has 1 atom stereocenters. The lowest BCUT2D eigenvalue weighted by Crippen LogP contribution is -2.28. The normalized spacial score (nSPS) is 15.3. The average Bonchev–Trinajstić information content (AvgIpc) is 3.20. The number of rotatable bonds is 9. The van der Waals surface area contributed by atoms with E-state index >= 15 is 0 Å². The fraction of sp³-hybridized carbons (Fsp3) is 0.360. The molecule has 8 heteroatoms. The zero-order valence-corrected chi connectivity index (χ0v) is 18.8. The van der Waals surface area contributed by atoms with Crippen LogP contribution in [-0.4, -0.2) is 43.5 Å². The molecule has 2 aromatic carbocycles. The van der Waals surface area contributed by atoms with Crippen molar-refractivity contribution in [2.75, 3.05) is 30.0 Å². The molecule has 8 nitrogen and oxygen atoms in total. The number of carbonyl (C=O) groups is 4. The Hall–Kier alpha value is -3.68. The Bertz CT molecular complexity index is 1000. The third kappa shape index (κ3) is 6.65. The highest BCUT2D eigenvalue weighted by Gasteiger charge is 2.36. The molecule has 1 saturated heterocycles. The fourth-order valence-electron chi connectivity index (χ4n) is 3.37. The maximum Gasteiger partial charge on any atom is 0.338 e. The van der Waals surface area contributed by atoms with Crippen LogP contribution in [0.2, 0.25) is 0 Å². The number of hydrogen-bond acceptors (Lipinski definition) is 6. The van der Waals surface area contributed by atoms with Gasteiger partial charge in [0.05, 0.1) is 18.1 Å². The van der Waals surface area contributed by atoms with Gasteiger partial charge in [0, 0.05) is 24.3 Å². The summed E-state index contributed by atoms with van der Waals surface area (Å²) in [5.41, 5.74) is 2.66. The van der Waals surface area contributed by atoms with Gasteiger partial charge in [0.15, 0.2) is 6.61 Å². The number of hydrogen-bond donors (Lipinski definition) is 1. The Morgan fingerprint density at radius 3 is 2.39 bits per heavy atom. The lowest BCUT2D eigenvalue weighted by molar-refractivity contribution is -0.151. The first-order chi connectivity index (χ1) is 15.9. The average molecular weight is 453 g/mol. The van der Waals surface area contributed by atoms with Crippen molar-refractivity contribution in [2.24, 2.45) is 5.92 Å². The van der Waals surface area contributed by atoms with Gasteiger partial charge in [0.25, 0.3) is 5.91 Å². The van der Waals surface area contributed by atoms with Gasteiger partial charge in [-0.3, -0.25) is 14.4 Å². The molecule has 2 amide bonds. The highest BCUT2D eigenvalue weighted by atomic mass is 16.5. The molecule has 1 heterocycles. The Labute approximate surface area is 192 Å². The number of benzene rings is 2. The van der Waals surface area contributed by atoms with Crippen molar-refractivity contribution in [3.05, 3.63) is 59.7 Å². The fourth-order valence-corrected chi connectivity index (χ4v) is 3.37. The SMILES string of the molecule is CCCCOC(=O)c1ccc(NC(=O)COC(=O)[C@@H]2CC(=O)N(c3ccc(C)cc3)C2)cc1. The molecule has 1 aliphatic heterocycles. The van der Waals surface area contributed by atoms with Gasteiger partial charge in [-0.25, -0.2) is 4.79 Å². The predicted octanol–water partition coefficient (Wildman–Crippen LogP) is 3.49. The second kappa shape index (κ2) is 11.3. The zero-order chi connectivity index (χ0) is 23.8. The van der Waals surface area contributed by atoms with E-state index in [1.807, 2.05) is 38.1 Å². The molecular weight excluding hydrogens is 424 g/mol. The number of amides is 2. The highest BCUT2D eigenvalue weighted by Crippen LogP contribution is 2.26. The summed E-state index contributed by atoms with van der Waals surface area (Å²) in [4.78, 5) is 50.3. The molecule has 0 unspecified atom stereocenters. The summed E-state index contributed by atoms with van der Waals surface area (Å²) in [5, 5.41) is 2.61. The zero-order valence-electron chi connectivity index (χ0n) is 18.8. The number of nitrogens with zero attached hydrogens (tertiary/aromatic N) is 1. The predicted molar refractivity (Wildman–Crippen MR) is 123 cm³/mol. The molecule has 2 aromatic rings. The van der Waals surface area contributed by atoms with Crippen molar-refractivity contribution in [3.63, 3.8) is 0 Å². The molecule has 0 aliphatic carbocycles. The molecule has 0 bridgehead atoms. The van der Waals surface area contributed by atoms with Crippen LogP contribution in [0.3, 0.4) is 0 Å². The molecule has 1 aliphatic rings. The van der Waals surface area contributed by atoms with E-state index in [0.717, 1.165) is 24.1 Å². The molecule has 3 rings (SSSR count). The Kier molecular flexibility index (Phi) is 8.18. The van der Waals surface area contributed by atoms with E-state index in [2.05, 4.69) is 5.32 Å². The Balaban J connectivity index is 1.45. The lowest BCUT2D eigenvalue weighted by atomic mass is 10.1. The van der Waals surface area contributed by atoms with Gasteiger partial charge >= 0.3 is 11.9 Å². The molecule has 174 valence electrons. The summed E-state index contributed by atoms with van der Waals surface area (Å²) in [7, 11) is 0. The third-order valence-electron chi connectivity index (χ3n) is 5.28. The van der Waals surface area contributed by atoms with Crippen molar-refractivity contribution >= 4 is 35.1 Å². The number of nitrogens with one attached hydrogen (secondary N) is 1. The second-order valence-electron chi connectivity index (χ2n) is 7.96. The largest absolute Gasteiger partial charge is 0.462 e. The van der Waals surface area contributed by atoms with Gasteiger partial charge in [-0.05, 0) is 49.7 Å². The van der Waals surface area contributed by atoms with E-state index in [9.17, 15) is 19.2 Å². The minimum absolute atomic E-state index is 0.0458. The third-order valence-corrected chi connectivity index (χ3v) is 5.28. The van der Waals surface area contributed by atoms with Gasteiger partial charge in [0.2, 0.25) is 5.91 Å². The molecule has 33 heavy (non-hydrogen) atoms. The van der Waals surface area contributed by atoms with Crippen molar-refractivity contribution in [3.8, 4) is 0 Å². The van der Waals surface area contributed by atoms with Crippen molar-refractivity contribution in [1.82, 2.24) is 0 Å². The van der Waals surface area contributed by atoms with Crippen LogP contribution in [0.15, 0.2) is 48.5 Å². The van der Waals surface area contributed by atoms with Crippen LogP contribution in [0.1, 0.15) is 42.1 Å². The van der Waals surface area contributed by atoms with Crippen LogP contribution >= 0.6 is 0 Å². The maximum absolute atomic E-state index is 12.4. The van der Waals surface area contributed by atoms with E-state index < -0.39 is 30.4 Å². The molecule has 1 N–H and O–H groups in total. The van der Waals surface area contributed by atoms with E-state index in [-0.39, 0.29) is 18.9 Å². The topological polar surface area (TPSA) is 102 Å². The van der Waals surface area contributed by atoms with Gasteiger partial charge in [-0.1, -0.05) is 31.0 Å². The van der Waals surface area contributed by atoms with E-state index in [0.29, 0.717) is 17.9 Å². The monoisotopic (exact) mass is 452 g/mol. The first-order valence-electron chi connectivity index (χ1n) is 11.0. The molecule has 0 saturated carbocycles. The number of ether oxygens (including phenoxy) is 2. The molecule has 0 spiro atoms. The summed E-state index contributed by atoms with van der Waals surface area (Å²) < 4.78 is 10.3. The first-order valence-corrected chi connectivity index (χ1v) is 11.0. The molecule has 1 fully saturated rings. The first kappa shape index (κ1) is 24.0. The number of esters is 2. The highest BCUT2D eigenvalue weighted by molar-refractivity contribution is 6.00. The smallest absolute Gasteiger partial charge is 0.338 e. The summed E-state index contributed by atoms with van der Waals surface area (Å²) in [6, 6.07) is 13.7. The molecule has 0 aromatic heterocycles. The van der Waals surface area contributed by atoms with Crippen LogP contribution in [0, 0.1) is 12.8 Å². The van der Waals surface area contributed by atoms with Gasteiger partial charge < -0.3 is 19.7 Å². The van der Waals surface area contributed by atoms with E-state index in [1.54, 1.807) is 29.2 Å². The minimum atomic E-state index is -0.621. The van der Waals surface area contributed by atoms with Crippen molar-refractivity contribution in [1.29, 1.82) is 0 Å². The Morgan fingerprint density at radius 1 is 1.03 bits per heavy atom. The Morgan fingerprint density at radius 2 is 1.73 bits per heavy atom. The summed E-state index contributed by atoms with van der Waals surface area (Å²) >= 11 is 0. The second-order valence-corrected chi connectivity index (χ2v) is 7.96. The standard InChI is InChI=1S/C25H28N2O6/c1-3-4-13-32-24(30)18-7-9-20(10-8-18)26-22(28)16-33-25(31)19-14-23(29)27(15-19)21-11-5-17(2)6-12-21/h5-12,19H,3-4,13-16H2,1-2H3,(H,26,28)/t19-/m1/s1. The van der Waals surface area contributed by atoms with Crippen LogP contribution in [0.4, 0.5) is 11.4 Å². The number of aryl methyl sites for hydroxylation is 1. The van der Waals surface area contributed by atoms with Gasteiger partial charge in [0.1, 0.15) is 0 Å². The van der Waals surface area contributed by atoms with Gasteiger partial charge in [-0.2, -0.15) is 0 Å². The molecule has 0 radical (unpaired) electrons. The van der Waals surface area contributed by atoms with Crippen LogP contribution < -0.4 is 10.2 Å². The van der Waals surface area contributed by atoms with Crippen LogP contribution in [-0.2, 0) is 23.9 Å². The lowest BCUT2D eigenvalue weighted by Gasteiger charge is -2.16. The van der Waals surface area contributed by atoms with Crippen molar-refractivity contribution in [2.45, 2.75) is 33.1 Å². The van der Waals surface area contributed by atoms with Crippen molar-refractivity contribution < 1.29 is 28.7 Å². The maximum atomic E-state index is 12.4. The van der Waals surface area contributed by atoms with Gasteiger partial charge in [-0.15, -0.1) is 0 Å². The summed E-state index contributed by atoms with van der Waals surface area (Å²) in [6.45, 7) is 4.09. The number of unbranched alkanes of at least 4 members (excludes halogenated alkanes) is 1. The molecular formula is C25H28N2O6. The number of anilines is 2. The summed E-state index contributed by atoms with van der Waals surface area (Å²) in [6.07, 6.45) is 1.78. The summed E-state index contributed by atoms with van der Waals surface area (Å²) in [5.74, 6) is -2.29. The van der Waals surface area contributed by atoms with E-state index in [4.69, 9.17) is 9.47 Å². The van der Waals surface area contributed by atoms with E-state index in [1.165, 1.54) is 0 Å². The quantitative estimate of drug-likeness (QED) is 0.462. The number of carbonyl (C=O) groups excluding carboxylic acids is 4. The van der Waals surface area contributed by atoms with Crippen LogP contribution in [0.25, 0.3) is 0 Å². The minimum Gasteiger partial charge on any atom is -0.462 e.